The number of carbonyl (C=O) groups is 1. The molecule has 0 unspecified atom stereocenters. The molecule has 1 fully saturated rings. The van der Waals surface area contributed by atoms with Gasteiger partial charge in [-0.1, -0.05) is 12.1 Å². The van der Waals surface area contributed by atoms with Crippen molar-refractivity contribution >= 4 is 28.7 Å². The molecule has 1 saturated heterocycles. The topological polar surface area (TPSA) is 83.9 Å². The molecule has 7 nitrogen and oxygen atoms in total. The van der Waals surface area contributed by atoms with Crippen molar-refractivity contribution in [1.29, 1.82) is 0 Å². The molecule has 3 heterocycles. The minimum absolute atomic E-state index is 0.0165. The number of piperidine rings is 1. The first-order valence-electron chi connectivity index (χ1n) is 8.77. The lowest BCUT2D eigenvalue weighted by Crippen LogP contribution is -2.39. The molecule has 0 bridgehead atoms. The van der Waals surface area contributed by atoms with E-state index >= 15 is 0 Å². The van der Waals surface area contributed by atoms with E-state index in [1.807, 2.05) is 31.2 Å². The maximum atomic E-state index is 12.4. The smallest absolute Gasteiger partial charge is 0.229 e. The minimum atomic E-state index is -0.0382. The number of anilines is 2. The van der Waals surface area contributed by atoms with E-state index in [2.05, 4.69) is 25.2 Å². The number of nitrogens with one attached hydrogen (secondary N) is 1. The minimum Gasteiger partial charge on any atom is -0.355 e. The summed E-state index contributed by atoms with van der Waals surface area (Å²) in [4.78, 5) is 32.2. The Kier molecular flexibility index (Phi) is 4.43. The van der Waals surface area contributed by atoms with Crippen LogP contribution in [0.2, 0.25) is 0 Å². The largest absolute Gasteiger partial charge is 0.355 e. The van der Waals surface area contributed by atoms with Gasteiger partial charge >= 0.3 is 0 Å². The van der Waals surface area contributed by atoms with Crippen LogP contribution in [0.5, 0.6) is 0 Å². The highest BCUT2D eigenvalue weighted by Gasteiger charge is 2.27. The van der Waals surface area contributed by atoms with Crippen molar-refractivity contribution in [2.24, 2.45) is 5.92 Å². The molecule has 26 heavy (non-hydrogen) atoms. The van der Waals surface area contributed by atoms with Gasteiger partial charge in [0.15, 0.2) is 5.82 Å². The van der Waals surface area contributed by atoms with E-state index in [4.69, 9.17) is 4.98 Å². The second-order valence-electron chi connectivity index (χ2n) is 6.44. The van der Waals surface area contributed by atoms with Crippen LogP contribution in [0.25, 0.3) is 11.0 Å². The Labute approximate surface area is 151 Å². The third-order valence-corrected chi connectivity index (χ3v) is 4.69. The number of hydrogen-bond donors (Lipinski definition) is 1. The molecule has 132 valence electrons. The van der Waals surface area contributed by atoms with Crippen molar-refractivity contribution < 1.29 is 4.79 Å². The number of hydrogen-bond acceptors (Lipinski definition) is 6. The highest BCUT2D eigenvalue weighted by Crippen LogP contribution is 2.26. The van der Waals surface area contributed by atoms with Crippen molar-refractivity contribution in [3.8, 4) is 0 Å². The fourth-order valence-electron chi connectivity index (χ4n) is 3.31. The third-order valence-electron chi connectivity index (χ3n) is 4.69. The fourth-order valence-corrected chi connectivity index (χ4v) is 3.31. The van der Waals surface area contributed by atoms with Crippen molar-refractivity contribution in [3.05, 3.63) is 48.4 Å². The van der Waals surface area contributed by atoms with Gasteiger partial charge in [0.2, 0.25) is 11.9 Å². The van der Waals surface area contributed by atoms with Gasteiger partial charge in [0.05, 0.1) is 16.7 Å². The van der Waals surface area contributed by atoms with E-state index in [1.165, 1.54) is 0 Å². The van der Waals surface area contributed by atoms with Crippen LogP contribution in [0.15, 0.2) is 42.7 Å². The number of benzene rings is 1. The Hall–Kier alpha value is -3.09. The lowest BCUT2D eigenvalue weighted by Gasteiger charge is -2.32. The summed E-state index contributed by atoms with van der Waals surface area (Å²) in [5.41, 5.74) is 2.73. The average Bonchev–Trinajstić information content (AvgIpc) is 2.68. The van der Waals surface area contributed by atoms with Crippen molar-refractivity contribution in [2.45, 2.75) is 19.8 Å². The molecule has 7 heteroatoms. The number of rotatable bonds is 3. The second kappa shape index (κ2) is 7.03. The standard InChI is InChI=1S/C19H20N6O/c1-13-17(23-16-6-3-2-5-15(16)22-13)25-11-7-14(8-12-25)18(26)24-19-20-9-4-10-21-19/h2-6,9-10,14H,7-8,11-12H2,1H3,(H,20,21,24,26). The van der Waals surface area contributed by atoms with Gasteiger partial charge in [0.25, 0.3) is 0 Å². The van der Waals surface area contributed by atoms with Gasteiger partial charge in [-0.25, -0.2) is 19.9 Å². The summed E-state index contributed by atoms with van der Waals surface area (Å²) in [6, 6.07) is 9.61. The number of aryl methyl sites for hydroxylation is 1. The number of para-hydroxylation sites is 2. The summed E-state index contributed by atoms with van der Waals surface area (Å²) in [6.45, 7) is 3.55. The lowest BCUT2D eigenvalue weighted by molar-refractivity contribution is -0.120. The summed E-state index contributed by atoms with van der Waals surface area (Å²) in [5, 5.41) is 2.79. The molecule has 1 amide bonds. The molecule has 0 spiro atoms. The van der Waals surface area contributed by atoms with Crippen LogP contribution in [0.1, 0.15) is 18.5 Å². The summed E-state index contributed by atoms with van der Waals surface area (Å²) in [7, 11) is 0. The van der Waals surface area contributed by atoms with Gasteiger partial charge in [0.1, 0.15) is 0 Å². The molecule has 3 aromatic rings. The molecular formula is C19H20N6O. The van der Waals surface area contributed by atoms with Crippen molar-refractivity contribution in [1.82, 2.24) is 19.9 Å². The van der Waals surface area contributed by atoms with Crippen LogP contribution in [0.4, 0.5) is 11.8 Å². The van der Waals surface area contributed by atoms with Crippen LogP contribution < -0.4 is 10.2 Å². The number of aromatic nitrogens is 4. The van der Waals surface area contributed by atoms with Gasteiger partial charge in [-0.05, 0) is 38.0 Å². The molecule has 1 aliphatic rings. The van der Waals surface area contributed by atoms with Gasteiger partial charge in [-0.15, -0.1) is 0 Å². The number of amides is 1. The first-order valence-corrected chi connectivity index (χ1v) is 8.77. The SMILES string of the molecule is Cc1nc2ccccc2nc1N1CCC(C(=O)Nc2ncccn2)CC1. The Balaban J connectivity index is 1.43. The van der Waals surface area contributed by atoms with Crippen LogP contribution >= 0.6 is 0 Å². The quantitative estimate of drug-likeness (QED) is 0.783. The molecular weight excluding hydrogens is 328 g/mol. The molecule has 2 aromatic heterocycles. The third kappa shape index (κ3) is 3.33. The normalized spacial score (nSPS) is 15.2. The zero-order chi connectivity index (χ0) is 17.9. The van der Waals surface area contributed by atoms with Gasteiger partial charge < -0.3 is 4.90 Å². The number of fused-ring (bicyclic) bond motifs is 1. The van der Waals surface area contributed by atoms with E-state index in [0.29, 0.717) is 5.95 Å². The lowest BCUT2D eigenvalue weighted by atomic mass is 9.96. The first-order chi connectivity index (χ1) is 12.7. The summed E-state index contributed by atoms with van der Waals surface area (Å²) >= 11 is 0. The molecule has 0 radical (unpaired) electrons. The summed E-state index contributed by atoms with van der Waals surface area (Å²) in [5.74, 6) is 1.21. The Morgan fingerprint density at radius 2 is 1.69 bits per heavy atom. The molecule has 1 aliphatic heterocycles. The van der Waals surface area contributed by atoms with E-state index < -0.39 is 0 Å². The first kappa shape index (κ1) is 16.4. The van der Waals surface area contributed by atoms with E-state index in [9.17, 15) is 4.79 Å². The highest BCUT2D eigenvalue weighted by molar-refractivity contribution is 5.91. The number of carbonyl (C=O) groups excluding carboxylic acids is 1. The summed E-state index contributed by atoms with van der Waals surface area (Å²) < 4.78 is 0. The van der Waals surface area contributed by atoms with Crippen LogP contribution in [-0.4, -0.2) is 38.9 Å². The predicted octanol–water partition coefficient (Wildman–Crippen LogP) is 2.58. The number of nitrogens with zero attached hydrogens (tertiary/aromatic N) is 5. The molecule has 0 saturated carbocycles. The zero-order valence-electron chi connectivity index (χ0n) is 14.6. The van der Waals surface area contributed by atoms with Gasteiger partial charge in [-0.2, -0.15) is 0 Å². The Morgan fingerprint density at radius 1 is 1.04 bits per heavy atom. The monoisotopic (exact) mass is 348 g/mol. The summed E-state index contributed by atoms with van der Waals surface area (Å²) in [6.07, 6.45) is 4.78. The highest BCUT2D eigenvalue weighted by atomic mass is 16.2. The van der Waals surface area contributed by atoms with Crippen LogP contribution in [0.3, 0.4) is 0 Å². The Morgan fingerprint density at radius 3 is 2.38 bits per heavy atom. The Bertz CT molecular complexity index is 922. The van der Waals surface area contributed by atoms with Gasteiger partial charge in [-0.3, -0.25) is 10.1 Å². The van der Waals surface area contributed by atoms with E-state index in [0.717, 1.165) is 48.5 Å². The average molecular weight is 348 g/mol. The molecule has 0 aliphatic carbocycles. The van der Waals surface area contributed by atoms with Crippen LogP contribution in [0, 0.1) is 12.8 Å². The van der Waals surface area contributed by atoms with E-state index in [1.54, 1.807) is 18.5 Å². The fraction of sp³-hybridized carbons (Fsp3) is 0.316. The van der Waals surface area contributed by atoms with Crippen molar-refractivity contribution in [2.75, 3.05) is 23.3 Å². The maximum absolute atomic E-state index is 12.4. The zero-order valence-corrected chi connectivity index (χ0v) is 14.6. The van der Waals surface area contributed by atoms with E-state index in [-0.39, 0.29) is 11.8 Å². The molecule has 1 N–H and O–H groups in total. The van der Waals surface area contributed by atoms with Crippen molar-refractivity contribution in [3.63, 3.8) is 0 Å². The van der Waals surface area contributed by atoms with Gasteiger partial charge in [0, 0.05) is 31.4 Å². The van der Waals surface area contributed by atoms with Crippen LogP contribution in [-0.2, 0) is 4.79 Å². The maximum Gasteiger partial charge on any atom is 0.229 e. The molecule has 4 rings (SSSR count). The molecule has 0 atom stereocenters. The molecule has 1 aromatic carbocycles. The predicted molar refractivity (Wildman–Crippen MR) is 99.9 cm³/mol. The second-order valence-corrected chi connectivity index (χ2v) is 6.44.